The first-order valence-corrected chi connectivity index (χ1v) is 4.90. The first-order chi connectivity index (χ1) is 6.26. The van der Waals surface area contributed by atoms with Crippen molar-refractivity contribution in [1.82, 2.24) is 0 Å². The molecule has 1 aromatic rings. The van der Waals surface area contributed by atoms with Crippen molar-refractivity contribution in [2.75, 3.05) is 7.11 Å². The Kier molecular flexibility index (Phi) is 3.83. The fourth-order valence-corrected chi connectivity index (χ4v) is 1.74. The van der Waals surface area contributed by atoms with Gasteiger partial charge in [-0.25, -0.2) is 0 Å². The molecule has 1 atom stereocenters. The predicted molar refractivity (Wildman–Crippen MR) is 54.4 cm³/mol. The molecule has 0 saturated carbocycles. The molecule has 0 aromatic heterocycles. The van der Waals surface area contributed by atoms with Crippen LogP contribution in [0.5, 0.6) is 5.75 Å². The van der Waals surface area contributed by atoms with E-state index in [9.17, 15) is 4.79 Å². The fourth-order valence-electron chi connectivity index (χ4n) is 0.917. The van der Waals surface area contributed by atoms with Gasteiger partial charge in [-0.05, 0) is 25.1 Å². The Bertz CT molecular complexity index is 286. The van der Waals surface area contributed by atoms with Crippen LogP contribution in [0.25, 0.3) is 0 Å². The van der Waals surface area contributed by atoms with Gasteiger partial charge in [-0.1, -0.05) is 6.07 Å². The molecule has 2 nitrogen and oxygen atoms in total. The average molecular weight is 196 g/mol. The predicted octanol–water partition coefficient (Wildman–Crippen LogP) is 2.37. The normalized spacial score (nSPS) is 12.2. The van der Waals surface area contributed by atoms with Crippen LogP contribution in [0.4, 0.5) is 0 Å². The van der Waals surface area contributed by atoms with Crippen molar-refractivity contribution in [3.63, 3.8) is 0 Å². The highest BCUT2D eigenvalue weighted by atomic mass is 32.2. The lowest BCUT2D eigenvalue weighted by molar-refractivity contribution is -0.107. The number of rotatable bonds is 4. The third-order valence-corrected chi connectivity index (χ3v) is 2.56. The number of methoxy groups -OCH3 is 1. The average Bonchev–Trinajstić information content (AvgIpc) is 2.18. The van der Waals surface area contributed by atoms with Crippen LogP contribution in [0.3, 0.4) is 0 Å². The molecular formula is C10H12O2S. The molecule has 0 aliphatic carbocycles. The van der Waals surface area contributed by atoms with Gasteiger partial charge in [-0.2, -0.15) is 0 Å². The minimum atomic E-state index is -0.00731. The van der Waals surface area contributed by atoms with E-state index >= 15 is 0 Å². The second kappa shape index (κ2) is 4.92. The molecule has 3 heteroatoms. The molecule has 0 radical (unpaired) electrons. The van der Waals surface area contributed by atoms with Gasteiger partial charge in [0, 0.05) is 4.90 Å². The van der Waals surface area contributed by atoms with Crippen LogP contribution >= 0.6 is 11.8 Å². The second-order valence-corrected chi connectivity index (χ2v) is 4.09. The lowest BCUT2D eigenvalue weighted by Crippen LogP contribution is -1.95. The van der Waals surface area contributed by atoms with Crippen molar-refractivity contribution in [3.05, 3.63) is 24.3 Å². The third-order valence-electron chi connectivity index (χ3n) is 1.55. The number of carbonyl (C=O) groups is 1. The molecule has 0 heterocycles. The number of benzene rings is 1. The van der Waals surface area contributed by atoms with Gasteiger partial charge in [0.2, 0.25) is 0 Å². The van der Waals surface area contributed by atoms with Crippen molar-refractivity contribution < 1.29 is 9.53 Å². The molecule has 0 aliphatic heterocycles. The van der Waals surface area contributed by atoms with Crippen molar-refractivity contribution in [2.45, 2.75) is 17.1 Å². The van der Waals surface area contributed by atoms with E-state index in [-0.39, 0.29) is 5.25 Å². The maximum atomic E-state index is 10.4. The summed E-state index contributed by atoms with van der Waals surface area (Å²) in [6, 6.07) is 7.69. The Balaban J connectivity index is 2.71. The van der Waals surface area contributed by atoms with Crippen molar-refractivity contribution >= 4 is 18.0 Å². The number of aldehydes is 1. The Morgan fingerprint density at radius 2 is 2.31 bits per heavy atom. The summed E-state index contributed by atoms with van der Waals surface area (Å²) >= 11 is 1.53. The maximum absolute atomic E-state index is 10.4. The van der Waals surface area contributed by atoms with Crippen LogP contribution in [0, 0.1) is 0 Å². The molecule has 0 N–H and O–H groups in total. The molecular weight excluding hydrogens is 184 g/mol. The van der Waals surface area contributed by atoms with Crippen LogP contribution < -0.4 is 4.74 Å². The van der Waals surface area contributed by atoms with E-state index in [0.717, 1.165) is 16.9 Å². The highest BCUT2D eigenvalue weighted by Gasteiger charge is 2.02. The highest BCUT2D eigenvalue weighted by Crippen LogP contribution is 2.25. The molecule has 0 bridgehead atoms. The van der Waals surface area contributed by atoms with Gasteiger partial charge in [0.05, 0.1) is 12.4 Å². The number of ether oxygens (including phenoxy) is 1. The summed E-state index contributed by atoms with van der Waals surface area (Å²) in [7, 11) is 1.63. The van der Waals surface area contributed by atoms with Gasteiger partial charge in [0.25, 0.3) is 0 Å². The second-order valence-electron chi connectivity index (χ2n) is 2.64. The van der Waals surface area contributed by atoms with Gasteiger partial charge < -0.3 is 9.53 Å². The van der Waals surface area contributed by atoms with Gasteiger partial charge in [-0.15, -0.1) is 11.8 Å². The minimum absolute atomic E-state index is 0.00731. The van der Waals surface area contributed by atoms with E-state index in [0.29, 0.717) is 0 Å². The zero-order valence-corrected chi connectivity index (χ0v) is 8.51. The summed E-state index contributed by atoms with van der Waals surface area (Å²) in [6.07, 6.45) is 0.935. The molecule has 0 fully saturated rings. The van der Waals surface area contributed by atoms with Crippen LogP contribution in [0.15, 0.2) is 29.2 Å². The van der Waals surface area contributed by atoms with E-state index in [1.165, 1.54) is 11.8 Å². The summed E-state index contributed by atoms with van der Waals surface area (Å²) in [4.78, 5) is 11.5. The number of thioether (sulfide) groups is 1. The Labute approximate surface area is 82.3 Å². The number of hydrogen-bond donors (Lipinski definition) is 0. The smallest absolute Gasteiger partial charge is 0.133 e. The monoisotopic (exact) mass is 196 g/mol. The molecule has 0 aliphatic rings. The van der Waals surface area contributed by atoms with Gasteiger partial charge >= 0.3 is 0 Å². The van der Waals surface area contributed by atoms with E-state index in [4.69, 9.17) is 4.74 Å². The van der Waals surface area contributed by atoms with Crippen molar-refractivity contribution in [2.24, 2.45) is 0 Å². The minimum Gasteiger partial charge on any atom is -0.497 e. The number of carbonyl (C=O) groups excluding carboxylic acids is 1. The van der Waals surface area contributed by atoms with Gasteiger partial charge in [0.15, 0.2) is 0 Å². The largest absolute Gasteiger partial charge is 0.497 e. The van der Waals surface area contributed by atoms with Gasteiger partial charge in [0.1, 0.15) is 12.0 Å². The Morgan fingerprint density at radius 3 is 2.92 bits per heavy atom. The van der Waals surface area contributed by atoms with Crippen molar-refractivity contribution in [1.29, 1.82) is 0 Å². The molecule has 70 valence electrons. The fraction of sp³-hybridized carbons (Fsp3) is 0.300. The molecule has 1 aromatic carbocycles. The van der Waals surface area contributed by atoms with Crippen LogP contribution in [-0.4, -0.2) is 18.6 Å². The van der Waals surface area contributed by atoms with Crippen LogP contribution in [0.2, 0.25) is 0 Å². The molecule has 1 rings (SSSR count). The summed E-state index contributed by atoms with van der Waals surface area (Å²) in [5.74, 6) is 0.822. The molecule has 0 amide bonds. The summed E-state index contributed by atoms with van der Waals surface area (Å²) in [5, 5.41) is -0.00731. The zero-order chi connectivity index (χ0) is 9.68. The lowest BCUT2D eigenvalue weighted by atomic mass is 10.3. The topological polar surface area (TPSA) is 26.3 Å². The molecule has 13 heavy (non-hydrogen) atoms. The summed E-state index contributed by atoms with van der Waals surface area (Å²) in [5.41, 5.74) is 0. The van der Waals surface area contributed by atoms with Crippen LogP contribution in [-0.2, 0) is 4.79 Å². The highest BCUT2D eigenvalue weighted by molar-refractivity contribution is 8.00. The zero-order valence-electron chi connectivity index (χ0n) is 7.69. The first kappa shape index (κ1) is 10.1. The van der Waals surface area contributed by atoms with Gasteiger partial charge in [-0.3, -0.25) is 0 Å². The van der Waals surface area contributed by atoms with E-state index < -0.39 is 0 Å². The standard InChI is InChI=1S/C10H12O2S/c1-8(7-11)13-10-5-3-4-9(6-10)12-2/h3-8H,1-2H3. The maximum Gasteiger partial charge on any atom is 0.133 e. The van der Waals surface area contributed by atoms with E-state index in [1.807, 2.05) is 31.2 Å². The Hall–Kier alpha value is -0.960. The third kappa shape index (κ3) is 3.11. The Morgan fingerprint density at radius 1 is 1.54 bits per heavy atom. The van der Waals surface area contributed by atoms with E-state index in [2.05, 4.69) is 0 Å². The molecule has 0 spiro atoms. The summed E-state index contributed by atoms with van der Waals surface area (Å²) < 4.78 is 5.07. The quantitative estimate of drug-likeness (QED) is 0.546. The van der Waals surface area contributed by atoms with Crippen molar-refractivity contribution in [3.8, 4) is 5.75 Å². The van der Waals surface area contributed by atoms with E-state index in [1.54, 1.807) is 7.11 Å². The lowest BCUT2D eigenvalue weighted by Gasteiger charge is -2.05. The van der Waals surface area contributed by atoms with Crippen LogP contribution in [0.1, 0.15) is 6.92 Å². The first-order valence-electron chi connectivity index (χ1n) is 4.02. The SMILES string of the molecule is COc1cccc(SC(C)C=O)c1. The summed E-state index contributed by atoms with van der Waals surface area (Å²) in [6.45, 7) is 1.87. The molecule has 1 unspecified atom stereocenters. The number of hydrogen-bond acceptors (Lipinski definition) is 3. The molecule has 0 saturated heterocycles.